The number of hydrogen-bond donors (Lipinski definition) is 1. The van der Waals surface area contributed by atoms with Gasteiger partial charge in [-0.25, -0.2) is 4.98 Å². The summed E-state index contributed by atoms with van der Waals surface area (Å²) in [7, 11) is 1.68. The highest BCUT2D eigenvalue weighted by Crippen LogP contribution is 2.32. The summed E-state index contributed by atoms with van der Waals surface area (Å²) in [5.41, 5.74) is 1.21. The maximum Gasteiger partial charge on any atom is 0.273 e. The van der Waals surface area contributed by atoms with Crippen molar-refractivity contribution in [1.29, 1.82) is 0 Å². The first-order chi connectivity index (χ1) is 6.81. The number of nitrogens with one attached hydrogen (secondary N) is 1. The zero-order chi connectivity index (χ0) is 9.97. The summed E-state index contributed by atoms with van der Waals surface area (Å²) in [4.78, 5) is 4.47. The highest BCUT2D eigenvalue weighted by Gasteiger charge is 2.24. The molecule has 0 bridgehead atoms. The standard InChI is InChI=1S/C10H16N2OS/c1-7-5-11-4-3-8(7)9-6-14-10(12-9)13-2/h6-8,11H,3-5H2,1-2H3. The number of nitrogens with zero attached hydrogens (tertiary/aromatic N) is 1. The van der Waals surface area contributed by atoms with E-state index in [1.165, 1.54) is 12.1 Å². The van der Waals surface area contributed by atoms with E-state index in [2.05, 4.69) is 22.6 Å². The van der Waals surface area contributed by atoms with Crippen molar-refractivity contribution in [2.24, 2.45) is 5.92 Å². The highest BCUT2D eigenvalue weighted by atomic mass is 32.1. The Kier molecular flexibility index (Phi) is 3.03. The zero-order valence-corrected chi connectivity index (χ0v) is 9.43. The van der Waals surface area contributed by atoms with Gasteiger partial charge in [0, 0.05) is 11.3 Å². The second kappa shape index (κ2) is 4.28. The van der Waals surface area contributed by atoms with Crippen LogP contribution in [0.25, 0.3) is 0 Å². The molecular formula is C10H16N2OS. The van der Waals surface area contributed by atoms with Gasteiger partial charge in [0.05, 0.1) is 12.8 Å². The van der Waals surface area contributed by atoms with Crippen LogP contribution in [0, 0.1) is 5.92 Å². The molecule has 0 aliphatic carbocycles. The number of piperidine rings is 1. The van der Waals surface area contributed by atoms with E-state index in [1.54, 1.807) is 18.4 Å². The first-order valence-corrected chi connectivity index (χ1v) is 5.89. The normalized spacial score (nSPS) is 27.6. The van der Waals surface area contributed by atoms with Crippen molar-refractivity contribution in [1.82, 2.24) is 10.3 Å². The fourth-order valence-corrected chi connectivity index (χ4v) is 2.69. The topological polar surface area (TPSA) is 34.1 Å². The molecule has 1 saturated heterocycles. The second-order valence-corrected chi connectivity index (χ2v) is 4.64. The van der Waals surface area contributed by atoms with E-state index < -0.39 is 0 Å². The molecule has 0 saturated carbocycles. The minimum atomic E-state index is 0.608. The predicted molar refractivity (Wildman–Crippen MR) is 58.1 cm³/mol. The van der Waals surface area contributed by atoms with Gasteiger partial charge in [0.15, 0.2) is 0 Å². The Labute approximate surface area is 88.5 Å². The lowest BCUT2D eigenvalue weighted by atomic mass is 9.86. The van der Waals surface area contributed by atoms with E-state index in [1.807, 2.05) is 0 Å². The molecule has 1 aromatic rings. The monoisotopic (exact) mass is 212 g/mol. The largest absolute Gasteiger partial charge is 0.473 e. The molecule has 2 heterocycles. The minimum Gasteiger partial charge on any atom is -0.473 e. The number of aromatic nitrogens is 1. The van der Waals surface area contributed by atoms with Gasteiger partial charge < -0.3 is 10.1 Å². The molecular weight excluding hydrogens is 196 g/mol. The van der Waals surface area contributed by atoms with Crippen LogP contribution in [0.3, 0.4) is 0 Å². The third-order valence-electron chi connectivity index (χ3n) is 2.84. The fourth-order valence-electron chi connectivity index (χ4n) is 1.99. The Bertz CT molecular complexity index is 300. The molecule has 0 radical (unpaired) electrons. The van der Waals surface area contributed by atoms with Gasteiger partial charge in [-0.1, -0.05) is 18.3 Å². The van der Waals surface area contributed by atoms with Crippen LogP contribution in [0.15, 0.2) is 5.38 Å². The molecule has 3 nitrogen and oxygen atoms in total. The van der Waals surface area contributed by atoms with Gasteiger partial charge >= 0.3 is 0 Å². The molecule has 1 N–H and O–H groups in total. The fraction of sp³-hybridized carbons (Fsp3) is 0.700. The minimum absolute atomic E-state index is 0.608. The average Bonchev–Trinajstić information content (AvgIpc) is 2.67. The van der Waals surface area contributed by atoms with E-state index in [4.69, 9.17) is 4.74 Å². The summed E-state index contributed by atoms with van der Waals surface area (Å²) in [5, 5.41) is 6.31. The van der Waals surface area contributed by atoms with Gasteiger partial charge in [0.25, 0.3) is 5.19 Å². The van der Waals surface area contributed by atoms with Gasteiger partial charge in [-0.15, -0.1) is 0 Å². The van der Waals surface area contributed by atoms with Gasteiger partial charge in [0.1, 0.15) is 0 Å². The molecule has 0 spiro atoms. The molecule has 0 aromatic carbocycles. The van der Waals surface area contributed by atoms with E-state index in [-0.39, 0.29) is 0 Å². The lowest BCUT2D eigenvalue weighted by Crippen LogP contribution is -2.33. The van der Waals surface area contributed by atoms with Crippen molar-refractivity contribution >= 4 is 11.3 Å². The number of thiazole rings is 1. The Morgan fingerprint density at radius 3 is 3.14 bits per heavy atom. The Hall–Kier alpha value is -0.610. The predicted octanol–water partition coefficient (Wildman–Crippen LogP) is 1.86. The lowest BCUT2D eigenvalue weighted by Gasteiger charge is -2.27. The first kappa shape index (κ1) is 9.93. The molecule has 1 aromatic heterocycles. The SMILES string of the molecule is COc1nc(C2CCNCC2C)cs1. The summed E-state index contributed by atoms with van der Waals surface area (Å²) < 4.78 is 5.11. The molecule has 14 heavy (non-hydrogen) atoms. The first-order valence-electron chi connectivity index (χ1n) is 5.01. The Balaban J connectivity index is 2.12. The van der Waals surface area contributed by atoms with Crippen LogP contribution < -0.4 is 10.1 Å². The van der Waals surface area contributed by atoms with Crippen LogP contribution in [0.4, 0.5) is 0 Å². The number of ether oxygens (including phenoxy) is 1. The van der Waals surface area contributed by atoms with Crippen LogP contribution in [-0.4, -0.2) is 25.2 Å². The van der Waals surface area contributed by atoms with Crippen molar-refractivity contribution in [3.05, 3.63) is 11.1 Å². The van der Waals surface area contributed by atoms with Crippen LogP contribution in [-0.2, 0) is 0 Å². The van der Waals surface area contributed by atoms with Crippen LogP contribution in [0.5, 0.6) is 5.19 Å². The summed E-state index contributed by atoms with van der Waals surface area (Å²) >= 11 is 1.59. The maximum absolute atomic E-state index is 5.11. The maximum atomic E-state index is 5.11. The average molecular weight is 212 g/mol. The highest BCUT2D eigenvalue weighted by molar-refractivity contribution is 7.11. The summed E-state index contributed by atoms with van der Waals surface area (Å²) in [5.74, 6) is 1.28. The summed E-state index contributed by atoms with van der Waals surface area (Å²) in [6.07, 6.45) is 1.19. The molecule has 2 atom stereocenters. The molecule has 0 amide bonds. The van der Waals surface area contributed by atoms with Crippen molar-refractivity contribution in [3.8, 4) is 5.19 Å². The third kappa shape index (κ3) is 1.91. The lowest BCUT2D eigenvalue weighted by molar-refractivity contribution is 0.341. The molecule has 4 heteroatoms. The Morgan fingerprint density at radius 2 is 2.50 bits per heavy atom. The van der Waals surface area contributed by atoms with E-state index in [0.29, 0.717) is 11.8 Å². The van der Waals surface area contributed by atoms with E-state index in [0.717, 1.165) is 18.3 Å². The summed E-state index contributed by atoms with van der Waals surface area (Å²) in [6.45, 7) is 4.49. The number of rotatable bonds is 2. The molecule has 78 valence electrons. The van der Waals surface area contributed by atoms with Crippen LogP contribution in [0.1, 0.15) is 25.0 Å². The van der Waals surface area contributed by atoms with Gasteiger partial charge in [-0.2, -0.15) is 0 Å². The Morgan fingerprint density at radius 1 is 1.64 bits per heavy atom. The summed E-state index contributed by atoms with van der Waals surface area (Å²) in [6, 6.07) is 0. The van der Waals surface area contributed by atoms with Gasteiger partial charge in [0.2, 0.25) is 0 Å². The van der Waals surface area contributed by atoms with Crippen LogP contribution in [0.2, 0.25) is 0 Å². The van der Waals surface area contributed by atoms with E-state index >= 15 is 0 Å². The zero-order valence-electron chi connectivity index (χ0n) is 8.62. The quantitative estimate of drug-likeness (QED) is 0.812. The number of hydrogen-bond acceptors (Lipinski definition) is 4. The molecule has 2 unspecified atom stereocenters. The van der Waals surface area contributed by atoms with Crippen molar-refractivity contribution in [3.63, 3.8) is 0 Å². The van der Waals surface area contributed by atoms with Crippen molar-refractivity contribution in [2.75, 3.05) is 20.2 Å². The number of methoxy groups -OCH3 is 1. The molecule has 1 aliphatic rings. The van der Waals surface area contributed by atoms with Crippen molar-refractivity contribution < 1.29 is 4.74 Å². The molecule has 2 rings (SSSR count). The second-order valence-electron chi connectivity index (χ2n) is 3.82. The van der Waals surface area contributed by atoms with Gasteiger partial charge in [-0.3, -0.25) is 0 Å². The van der Waals surface area contributed by atoms with Crippen molar-refractivity contribution in [2.45, 2.75) is 19.3 Å². The van der Waals surface area contributed by atoms with Gasteiger partial charge in [-0.05, 0) is 25.4 Å². The third-order valence-corrected chi connectivity index (χ3v) is 3.66. The smallest absolute Gasteiger partial charge is 0.273 e. The van der Waals surface area contributed by atoms with Crippen LogP contribution >= 0.6 is 11.3 Å². The molecule has 1 aliphatic heterocycles. The molecule has 1 fully saturated rings. The van der Waals surface area contributed by atoms with E-state index in [9.17, 15) is 0 Å².